The Morgan fingerprint density at radius 3 is 2.72 bits per heavy atom. The molecule has 2 aromatic heterocycles. The van der Waals surface area contributed by atoms with Gasteiger partial charge in [0, 0.05) is 17.5 Å². The van der Waals surface area contributed by atoms with Gasteiger partial charge in [-0.25, -0.2) is 9.78 Å². The van der Waals surface area contributed by atoms with Gasteiger partial charge in [-0.1, -0.05) is 0 Å². The van der Waals surface area contributed by atoms with Crippen LogP contribution in [-0.4, -0.2) is 27.1 Å². The third kappa shape index (κ3) is 1.72. The van der Waals surface area contributed by atoms with Crippen LogP contribution in [0.15, 0.2) is 6.20 Å². The van der Waals surface area contributed by atoms with E-state index in [-0.39, 0.29) is 5.75 Å². The van der Waals surface area contributed by atoms with Crippen molar-refractivity contribution in [2.75, 3.05) is 6.61 Å². The van der Waals surface area contributed by atoms with Crippen LogP contribution in [0, 0.1) is 20.8 Å². The van der Waals surface area contributed by atoms with Gasteiger partial charge in [0.2, 0.25) is 0 Å². The zero-order valence-electron chi connectivity index (χ0n) is 10.9. The molecule has 0 spiro atoms. The Balaban J connectivity index is 2.73. The summed E-state index contributed by atoms with van der Waals surface area (Å²) in [5.74, 6) is -0.408. The Morgan fingerprint density at radius 2 is 2.11 bits per heavy atom. The smallest absolute Gasteiger partial charge is 0.340 e. The van der Waals surface area contributed by atoms with E-state index in [0.717, 1.165) is 11.4 Å². The molecule has 0 bridgehead atoms. The third-order valence-corrected chi connectivity index (χ3v) is 3.11. The van der Waals surface area contributed by atoms with Crippen molar-refractivity contribution in [3.05, 3.63) is 28.7 Å². The predicted octanol–water partition coefficient (Wildman–Crippen LogP) is 2.14. The molecule has 2 aromatic rings. The first kappa shape index (κ1) is 12.4. The summed E-state index contributed by atoms with van der Waals surface area (Å²) in [6.07, 6.45) is 1.66. The second-order valence-electron chi connectivity index (χ2n) is 4.21. The molecule has 0 saturated carbocycles. The van der Waals surface area contributed by atoms with E-state index in [1.165, 1.54) is 0 Å². The number of fused-ring (bicyclic) bond motifs is 1. The van der Waals surface area contributed by atoms with E-state index in [2.05, 4.69) is 4.98 Å². The molecule has 0 aliphatic heterocycles. The fourth-order valence-corrected chi connectivity index (χ4v) is 1.89. The van der Waals surface area contributed by atoms with E-state index in [1.54, 1.807) is 24.4 Å². The molecule has 0 aromatic carbocycles. The fraction of sp³-hybridized carbons (Fsp3) is 0.385. The number of carbonyl (C=O) groups is 1. The van der Waals surface area contributed by atoms with Gasteiger partial charge in [-0.15, -0.1) is 0 Å². The first-order valence-corrected chi connectivity index (χ1v) is 5.82. The molecule has 2 rings (SSSR count). The SMILES string of the molecule is CCOC(=O)c1cn2c(C)c(C)nc2c(O)c1C. The molecule has 0 fully saturated rings. The average Bonchev–Trinajstić information content (AvgIpc) is 2.61. The van der Waals surface area contributed by atoms with Crippen LogP contribution >= 0.6 is 0 Å². The summed E-state index contributed by atoms with van der Waals surface area (Å²) in [7, 11) is 0. The maximum Gasteiger partial charge on any atom is 0.340 e. The van der Waals surface area contributed by atoms with Gasteiger partial charge >= 0.3 is 5.97 Å². The van der Waals surface area contributed by atoms with Crippen LogP contribution in [0.4, 0.5) is 0 Å². The first-order valence-electron chi connectivity index (χ1n) is 5.82. The lowest BCUT2D eigenvalue weighted by Crippen LogP contribution is -2.09. The number of carbonyl (C=O) groups excluding carboxylic acids is 1. The minimum Gasteiger partial charge on any atom is -0.504 e. The van der Waals surface area contributed by atoms with E-state index in [0.29, 0.717) is 23.4 Å². The zero-order chi connectivity index (χ0) is 13.4. The van der Waals surface area contributed by atoms with Crippen molar-refractivity contribution < 1.29 is 14.6 Å². The second kappa shape index (κ2) is 4.33. The number of nitrogens with zero attached hydrogens (tertiary/aromatic N) is 2. The molecule has 0 atom stereocenters. The lowest BCUT2D eigenvalue weighted by molar-refractivity contribution is 0.0524. The Hall–Kier alpha value is -2.04. The maximum atomic E-state index is 11.8. The van der Waals surface area contributed by atoms with Gasteiger partial charge in [-0.05, 0) is 27.7 Å². The number of aromatic nitrogens is 2. The van der Waals surface area contributed by atoms with E-state index >= 15 is 0 Å². The van der Waals surface area contributed by atoms with Crippen molar-refractivity contribution in [3.63, 3.8) is 0 Å². The van der Waals surface area contributed by atoms with E-state index < -0.39 is 5.97 Å². The van der Waals surface area contributed by atoms with Crippen molar-refractivity contribution in [1.29, 1.82) is 0 Å². The van der Waals surface area contributed by atoms with Gasteiger partial charge in [-0.2, -0.15) is 0 Å². The number of imidazole rings is 1. The fourth-order valence-electron chi connectivity index (χ4n) is 1.89. The third-order valence-electron chi connectivity index (χ3n) is 3.11. The molecule has 0 aliphatic rings. The Kier molecular flexibility index (Phi) is 2.98. The average molecular weight is 248 g/mol. The number of aryl methyl sites for hydroxylation is 2. The Bertz CT molecular complexity index is 629. The van der Waals surface area contributed by atoms with Crippen LogP contribution in [-0.2, 0) is 4.74 Å². The first-order chi connectivity index (χ1) is 8.47. The highest BCUT2D eigenvalue weighted by atomic mass is 16.5. The summed E-state index contributed by atoms with van der Waals surface area (Å²) in [4.78, 5) is 16.1. The number of hydrogen-bond donors (Lipinski definition) is 1. The minimum absolute atomic E-state index is 0.0248. The molecule has 0 aliphatic carbocycles. The summed E-state index contributed by atoms with van der Waals surface area (Å²) in [5.41, 5.74) is 3.04. The Morgan fingerprint density at radius 1 is 1.44 bits per heavy atom. The summed E-state index contributed by atoms with van der Waals surface area (Å²) < 4.78 is 6.69. The molecule has 96 valence electrons. The van der Waals surface area contributed by atoms with Crippen LogP contribution in [0.1, 0.15) is 34.2 Å². The van der Waals surface area contributed by atoms with Gasteiger partial charge < -0.3 is 14.2 Å². The number of rotatable bonds is 2. The molecule has 0 unspecified atom stereocenters. The lowest BCUT2D eigenvalue weighted by atomic mass is 10.1. The summed E-state index contributed by atoms with van der Waals surface area (Å²) in [6.45, 7) is 7.48. The molecule has 1 N–H and O–H groups in total. The Labute approximate surface area is 105 Å². The lowest BCUT2D eigenvalue weighted by Gasteiger charge is -2.09. The molecule has 2 heterocycles. The monoisotopic (exact) mass is 248 g/mol. The predicted molar refractivity (Wildman–Crippen MR) is 67.0 cm³/mol. The summed E-state index contributed by atoms with van der Waals surface area (Å²) in [5, 5.41) is 10.1. The molecular formula is C13H16N2O3. The molecule has 18 heavy (non-hydrogen) atoms. The maximum absolute atomic E-state index is 11.8. The normalized spacial score (nSPS) is 10.9. The number of aromatic hydroxyl groups is 1. The number of ether oxygens (including phenoxy) is 1. The highest BCUT2D eigenvalue weighted by Crippen LogP contribution is 2.27. The number of hydrogen-bond acceptors (Lipinski definition) is 4. The van der Waals surface area contributed by atoms with Crippen molar-refractivity contribution >= 4 is 11.6 Å². The van der Waals surface area contributed by atoms with Crippen LogP contribution in [0.25, 0.3) is 5.65 Å². The highest BCUT2D eigenvalue weighted by molar-refractivity contribution is 5.92. The molecular weight excluding hydrogens is 232 g/mol. The van der Waals surface area contributed by atoms with Crippen molar-refractivity contribution in [2.45, 2.75) is 27.7 Å². The quantitative estimate of drug-likeness (QED) is 0.827. The molecule has 5 heteroatoms. The minimum atomic E-state index is -0.432. The van der Waals surface area contributed by atoms with Crippen LogP contribution in [0.3, 0.4) is 0 Å². The molecule has 5 nitrogen and oxygen atoms in total. The van der Waals surface area contributed by atoms with Gasteiger partial charge in [0.05, 0.1) is 17.9 Å². The topological polar surface area (TPSA) is 63.8 Å². The number of pyridine rings is 1. The van der Waals surface area contributed by atoms with E-state index in [9.17, 15) is 9.90 Å². The molecule has 0 saturated heterocycles. The molecule has 0 amide bonds. The highest BCUT2D eigenvalue weighted by Gasteiger charge is 2.19. The van der Waals surface area contributed by atoms with Crippen molar-refractivity contribution in [2.24, 2.45) is 0 Å². The molecule has 0 radical (unpaired) electrons. The second-order valence-corrected chi connectivity index (χ2v) is 4.21. The summed E-state index contributed by atoms with van der Waals surface area (Å²) >= 11 is 0. The largest absolute Gasteiger partial charge is 0.504 e. The van der Waals surface area contributed by atoms with Crippen LogP contribution < -0.4 is 0 Å². The van der Waals surface area contributed by atoms with Gasteiger partial charge in [0.15, 0.2) is 11.4 Å². The van der Waals surface area contributed by atoms with Crippen LogP contribution in [0.2, 0.25) is 0 Å². The van der Waals surface area contributed by atoms with Gasteiger partial charge in [0.1, 0.15) is 0 Å². The number of esters is 1. The summed E-state index contributed by atoms with van der Waals surface area (Å²) in [6, 6.07) is 0. The van der Waals surface area contributed by atoms with Gasteiger partial charge in [0.25, 0.3) is 0 Å². The van der Waals surface area contributed by atoms with Crippen molar-refractivity contribution in [3.8, 4) is 5.75 Å². The van der Waals surface area contributed by atoms with Crippen molar-refractivity contribution in [1.82, 2.24) is 9.38 Å². The van der Waals surface area contributed by atoms with Gasteiger partial charge in [-0.3, -0.25) is 0 Å². The van der Waals surface area contributed by atoms with E-state index in [4.69, 9.17) is 4.74 Å². The zero-order valence-corrected chi connectivity index (χ0v) is 10.9. The standard InChI is InChI=1S/C13H16N2O3/c1-5-18-13(17)10-6-15-9(4)8(3)14-12(15)11(16)7(10)2/h6,16H,5H2,1-4H3. The van der Waals surface area contributed by atoms with Crippen LogP contribution in [0.5, 0.6) is 5.75 Å². The van der Waals surface area contributed by atoms with E-state index in [1.807, 2.05) is 13.8 Å².